The van der Waals surface area contributed by atoms with Gasteiger partial charge in [0.25, 0.3) is 0 Å². The lowest BCUT2D eigenvalue weighted by Crippen LogP contribution is -1.94. The van der Waals surface area contributed by atoms with Crippen molar-refractivity contribution in [3.8, 4) is 5.75 Å². The van der Waals surface area contributed by atoms with Gasteiger partial charge in [-0.2, -0.15) is 0 Å². The highest BCUT2D eigenvalue weighted by molar-refractivity contribution is 5.38. The number of nitrogens with zero attached hydrogens (tertiary/aromatic N) is 1. The molecule has 0 radical (unpaired) electrons. The Morgan fingerprint density at radius 1 is 1.50 bits per heavy atom. The van der Waals surface area contributed by atoms with E-state index in [9.17, 15) is 0 Å². The summed E-state index contributed by atoms with van der Waals surface area (Å²) < 4.78 is 5.23. The second kappa shape index (κ2) is 4.66. The van der Waals surface area contributed by atoms with Gasteiger partial charge in [0.2, 0.25) is 6.04 Å². The van der Waals surface area contributed by atoms with Crippen molar-refractivity contribution in [2.45, 2.75) is 26.3 Å². The van der Waals surface area contributed by atoms with Crippen molar-refractivity contribution < 1.29 is 4.74 Å². The Kier molecular flexibility index (Phi) is 3.53. The number of benzene rings is 1. The standard InChI is InChI=1S/C12H15NO/c1-5-10-8-11(9(2)13-3)6-7-12(10)14-4/h6-9H,5H2,1-2,4H3. The van der Waals surface area contributed by atoms with Crippen LogP contribution in [0.3, 0.4) is 0 Å². The van der Waals surface area contributed by atoms with Gasteiger partial charge in [0.1, 0.15) is 5.75 Å². The third kappa shape index (κ3) is 2.05. The Bertz CT molecular complexity index is 352. The molecule has 0 saturated heterocycles. The molecule has 1 aromatic carbocycles. The Balaban J connectivity index is 3.08. The molecule has 0 amide bonds. The number of hydrogen-bond donors (Lipinski definition) is 0. The molecule has 1 aromatic rings. The van der Waals surface area contributed by atoms with Gasteiger partial charge >= 0.3 is 0 Å². The lowest BCUT2D eigenvalue weighted by Gasteiger charge is -2.08. The normalized spacial score (nSPS) is 11.9. The summed E-state index contributed by atoms with van der Waals surface area (Å²) in [6.07, 6.45) is 0.932. The van der Waals surface area contributed by atoms with E-state index in [1.54, 1.807) is 7.11 Å². The molecular weight excluding hydrogens is 174 g/mol. The number of hydrogen-bond acceptors (Lipinski definition) is 1. The smallest absolute Gasteiger partial charge is 0.245 e. The molecule has 14 heavy (non-hydrogen) atoms. The molecule has 1 unspecified atom stereocenters. The van der Waals surface area contributed by atoms with Gasteiger partial charge in [-0.05, 0) is 30.2 Å². The predicted octanol–water partition coefficient (Wildman–Crippen LogP) is 3.24. The molecule has 2 heteroatoms. The third-order valence-electron chi connectivity index (χ3n) is 2.36. The van der Waals surface area contributed by atoms with Crippen molar-refractivity contribution in [2.24, 2.45) is 0 Å². The first-order valence-electron chi connectivity index (χ1n) is 4.76. The fourth-order valence-corrected chi connectivity index (χ4v) is 1.41. The summed E-state index contributed by atoms with van der Waals surface area (Å²) in [6.45, 7) is 11.0. The minimum absolute atomic E-state index is 0.0637. The maximum atomic E-state index is 6.97. The van der Waals surface area contributed by atoms with E-state index in [1.165, 1.54) is 5.56 Å². The van der Waals surface area contributed by atoms with Gasteiger partial charge in [0.05, 0.1) is 7.11 Å². The van der Waals surface area contributed by atoms with E-state index in [1.807, 2.05) is 19.1 Å². The zero-order chi connectivity index (χ0) is 10.6. The van der Waals surface area contributed by atoms with Crippen LogP contribution in [0.1, 0.15) is 31.0 Å². The van der Waals surface area contributed by atoms with Crippen molar-refractivity contribution in [3.05, 3.63) is 40.7 Å². The molecule has 0 saturated carbocycles. The minimum Gasteiger partial charge on any atom is -0.496 e. The van der Waals surface area contributed by atoms with Gasteiger partial charge in [0.15, 0.2) is 0 Å². The first-order valence-corrected chi connectivity index (χ1v) is 4.76. The summed E-state index contributed by atoms with van der Waals surface area (Å²) in [5.74, 6) is 0.911. The Labute approximate surface area is 85.3 Å². The molecule has 0 aromatic heterocycles. The van der Waals surface area contributed by atoms with E-state index in [0.29, 0.717) is 0 Å². The molecule has 2 nitrogen and oxygen atoms in total. The molecule has 0 fully saturated rings. The lowest BCUT2D eigenvalue weighted by molar-refractivity contribution is 0.410. The highest BCUT2D eigenvalue weighted by Crippen LogP contribution is 2.25. The topological polar surface area (TPSA) is 13.6 Å². The quantitative estimate of drug-likeness (QED) is 0.665. The molecule has 0 bridgehead atoms. The minimum atomic E-state index is -0.0637. The van der Waals surface area contributed by atoms with Crippen molar-refractivity contribution in [1.82, 2.24) is 0 Å². The molecule has 0 aliphatic carbocycles. The highest BCUT2D eigenvalue weighted by atomic mass is 16.5. The third-order valence-corrected chi connectivity index (χ3v) is 2.36. The summed E-state index contributed by atoms with van der Waals surface area (Å²) in [5, 5.41) is 0. The van der Waals surface area contributed by atoms with Crippen LogP contribution in [0.2, 0.25) is 0 Å². The van der Waals surface area contributed by atoms with Crippen LogP contribution in [0.4, 0.5) is 0 Å². The fourth-order valence-electron chi connectivity index (χ4n) is 1.41. The first-order chi connectivity index (χ1) is 6.72. The van der Waals surface area contributed by atoms with E-state index >= 15 is 0 Å². The second-order valence-electron chi connectivity index (χ2n) is 3.23. The fraction of sp³-hybridized carbons (Fsp3) is 0.417. The number of aryl methyl sites for hydroxylation is 1. The molecule has 74 valence electrons. The molecule has 0 aliphatic heterocycles. The van der Waals surface area contributed by atoms with Crippen LogP contribution in [-0.2, 0) is 6.42 Å². The maximum absolute atomic E-state index is 6.97. The number of ether oxygens (including phenoxy) is 1. The van der Waals surface area contributed by atoms with Crippen molar-refractivity contribution >= 4 is 0 Å². The molecule has 0 N–H and O–H groups in total. The van der Waals surface area contributed by atoms with Crippen molar-refractivity contribution in [1.29, 1.82) is 0 Å². The van der Waals surface area contributed by atoms with Crippen molar-refractivity contribution in [2.75, 3.05) is 7.11 Å². The van der Waals surface area contributed by atoms with E-state index in [-0.39, 0.29) is 6.04 Å². The molecule has 0 spiro atoms. The molecule has 1 rings (SSSR count). The first kappa shape index (κ1) is 10.6. The van der Waals surface area contributed by atoms with Crippen LogP contribution in [0.25, 0.3) is 4.85 Å². The number of methoxy groups -OCH3 is 1. The Morgan fingerprint density at radius 2 is 2.21 bits per heavy atom. The largest absolute Gasteiger partial charge is 0.496 e. The summed E-state index contributed by atoms with van der Waals surface area (Å²) in [6, 6.07) is 5.89. The summed E-state index contributed by atoms with van der Waals surface area (Å²) in [5.41, 5.74) is 2.23. The zero-order valence-electron chi connectivity index (χ0n) is 8.87. The van der Waals surface area contributed by atoms with Crippen LogP contribution in [0, 0.1) is 6.57 Å². The summed E-state index contributed by atoms with van der Waals surface area (Å²) in [7, 11) is 1.67. The van der Waals surface area contributed by atoms with Crippen LogP contribution in [-0.4, -0.2) is 7.11 Å². The van der Waals surface area contributed by atoms with Gasteiger partial charge in [-0.1, -0.05) is 6.92 Å². The highest BCUT2D eigenvalue weighted by Gasteiger charge is 2.10. The number of rotatable bonds is 3. The van der Waals surface area contributed by atoms with E-state index in [4.69, 9.17) is 11.3 Å². The van der Waals surface area contributed by atoms with Gasteiger partial charge in [-0.25, -0.2) is 6.57 Å². The molecule has 1 atom stereocenters. The summed E-state index contributed by atoms with van der Waals surface area (Å²) in [4.78, 5) is 3.50. The van der Waals surface area contributed by atoms with Crippen LogP contribution < -0.4 is 4.74 Å². The van der Waals surface area contributed by atoms with Gasteiger partial charge in [-0.15, -0.1) is 0 Å². The van der Waals surface area contributed by atoms with E-state index in [0.717, 1.165) is 17.7 Å². The molecule has 0 aliphatic rings. The van der Waals surface area contributed by atoms with E-state index in [2.05, 4.69) is 17.8 Å². The van der Waals surface area contributed by atoms with Crippen LogP contribution >= 0.6 is 0 Å². The summed E-state index contributed by atoms with van der Waals surface area (Å²) >= 11 is 0. The second-order valence-corrected chi connectivity index (χ2v) is 3.23. The Morgan fingerprint density at radius 3 is 2.71 bits per heavy atom. The monoisotopic (exact) mass is 189 g/mol. The van der Waals surface area contributed by atoms with Gasteiger partial charge in [-0.3, -0.25) is 0 Å². The molecule has 0 heterocycles. The average molecular weight is 189 g/mol. The Hall–Kier alpha value is -1.49. The van der Waals surface area contributed by atoms with E-state index < -0.39 is 0 Å². The van der Waals surface area contributed by atoms with Crippen molar-refractivity contribution in [3.63, 3.8) is 0 Å². The average Bonchev–Trinajstić information content (AvgIpc) is 2.26. The molecular formula is C12H15NO. The van der Waals surface area contributed by atoms with Gasteiger partial charge < -0.3 is 9.58 Å². The van der Waals surface area contributed by atoms with Crippen LogP contribution in [0.5, 0.6) is 5.75 Å². The lowest BCUT2D eigenvalue weighted by atomic mass is 10.0. The van der Waals surface area contributed by atoms with Gasteiger partial charge in [0, 0.05) is 12.5 Å². The predicted molar refractivity (Wildman–Crippen MR) is 57.4 cm³/mol. The SMILES string of the molecule is [C-]#[N+]C(C)c1ccc(OC)c(CC)c1. The van der Waals surface area contributed by atoms with Crippen LogP contribution in [0.15, 0.2) is 18.2 Å². The maximum Gasteiger partial charge on any atom is 0.245 e. The zero-order valence-corrected chi connectivity index (χ0v) is 8.87.